The number of halogens is 1. The van der Waals surface area contributed by atoms with Crippen molar-refractivity contribution in [3.05, 3.63) is 59.1 Å². The number of nitrogens with one attached hydrogen (secondary N) is 1. The number of anilines is 1. The number of carbonyl (C=O) groups excluding carboxylic acids is 2. The van der Waals surface area contributed by atoms with Crippen LogP contribution in [0.4, 0.5) is 5.69 Å². The molecule has 0 amide bonds. The minimum atomic E-state index is -3.94. The van der Waals surface area contributed by atoms with Gasteiger partial charge in [0.25, 0.3) is 10.0 Å². The Morgan fingerprint density at radius 1 is 1.12 bits per heavy atom. The first-order valence-electron chi connectivity index (χ1n) is 7.40. The molecule has 0 aliphatic rings. The lowest BCUT2D eigenvalue weighted by Gasteiger charge is -2.12. The van der Waals surface area contributed by atoms with Gasteiger partial charge in [-0.1, -0.05) is 23.7 Å². The Bertz CT molecular complexity index is 928. The molecule has 0 heterocycles. The predicted octanol–water partition coefficient (Wildman–Crippen LogP) is 2.86. The summed E-state index contributed by atoms with van der Waals surface area (Å²) in [7, 11) is -2.78. The van der Waals surface area contributed by atoms with Crippen molar-refractivity contribution in [3.63, 3.8) is 0 Å². The molecule has 0 saturated carbocycles. The molecule has 9 heteroatoms. The predicted molar refractivity (Wildman–Crippen MR) is 95.6 cm³/mol. The van der Waals surface area contributed by atoms with E-state index in [4.69, 9.17) is 16.3 Å². The summed E-state index contributed by atoms with van der Waals surface area (Å²) in [6.07, 6.45) is -1.11. The third-order valence-electron chi connectivity index (χ3n) is 3.27. The van der Waals surface area contributed by atoms with E-state index in [0.717, 1.165) is 6.07 Å². The first-order valence-corrected chi connectivity index (χ1v) is 9.26. The molecule has 7 nitrogen and oxygen atoms in total. The van der Waals surface area contributed by atoms with Crippen molar-refractivity contribution < 1.29 is 27.5 Å². The summed E-state index contributed by atoms with van der Waals surface area (Å²) < 4.78 is 36.8. The van der Waals surface area contributed by atoms with Gasteiger partial charge in [0.1, 0.15) is 0 Å². The van der Waals surface area contributed by atoms with Crippen LogP contribution in [-0.2, 0) is 24.3 Å². The number of esters is 2. The number of hydrogen-bond acceptors (Lipinski definition) is 6. The molecule has 2 aromatic rings. The average molecular weight is 398 g/mol. The van der Waals surface area contributed by atoms with Crippen LogP contribution in [0.1, 0.15) is 17.3 Å². The van der Waals surface area contributed by atoms with Crippen LogP contribution in [0, 0.1) is 0 Å². The number of ether oxygens (including phenoxy) is 2. The highest BCUT2D eigenvalue weighted by Crippen LogP contribution is 2.20. The van der Waals surface area contributed by atoms with Crippen molar-refractivity contribution >= 4 is 39.3 Å². The summed E-state index contributed by atoms with van der Waals surface area (Å²) in [5, 5.41) is 0.374. The number of sulfonamides is 1. The highest BCUT2D eigenvalue weighted by molar-refractivity contribution is 7.92. The van der Waals surface area contributed by atoms with Gasteiger partial charge in [0.15, 0.2) is 6.10 Å². The summed E-state index contributed by atoms with van der Waals surface area (Å²) in [5.41, 5.74) is 0.263. The van der Waals surface area contributed by atoms with Crippen molar-refractivity contribution in [1.29, 1.82) is 0 Å². The second-order valence-electron chi connectivity index (χ2n) is 5.21. The molecule has 138 valence electrons. The number of rotatable bonds is 6. The maximum atomic E-state index is 12.5. The van der Waals surface area contributed by atoms with Gasteiger partial charge in [0.2, 0.25) is 0 Å². The van der Waals surface area contributed by atoms with Crippen LogP contribution in [0.15, 0.2) is 53.4 Å². The first kappa shape index (κ1) is 19.7. The van der Waals surface area contributed by atoms with Gasteiger partial charge in [-0.15, -0.1) is 0 Å². The van der Waals surface area contributed by atoms with Crippen LogP contribution in [0.25, 0.3) is 0 Å². The summed E-state index contributed by atoms with van der Waals surface area (Å²) >= 11 is 5.84. The Hall–Kier alpha value is -2.58. The smallest absolute Gasteiger partial charge is 0.346 e. The molecule has 2 aromatic carbocycles. The normalized spacial score (nSPS) is 12.1. The van der Waals surface area contributed by atoms with E-state index in [1.54, 1.807) is 18.2 Å². The molecule has 0 unspecified atom stereocenters. The van der Waals surface area contributed by atoms with Crippen molar-refractivity contribution in [1.82, 2.24) is 0 Å². The van der Waals surface area contributed by atoms with Crippen LogP contribution < -0.4 is 4.72 Å². The summed E-state index contributed by atoms with van der Waals surface area (Å²) in [6, 6.07) is 11.5. The minimum Gasteiger partial charge on any atom is -0.466 e. The molecule has 0 fully saturated rings. The van der Waals surface area contributed by atoms with E-state index in [0.29, 0.717) is 5.02 Å². The quantitative estimate of drug-likeness (QED) is 0.752. The van der Waals surface area contributed by atoms with Gasteiger partial charge < -0.3 is 9.47 Å². The second kappa shape index (κ2) is 8.20. The van der Waals surface area contributed by atoms with Crippen molar-refractivity contribution in [3.8, 4) is 0 Å². The zero-order valence-electron chi connectivity index (χ0n) is 13.9. The zero-order chi connectivity index (χ0) is 19.3. The van der Waals surface area contributed by atoms with Gasteiger partial charge in [-0.3, -0.25) is 4.72 Å². The van der Waals surface area contributed by atoms with Crippen LogP contribution >= 0.6 is 11.6 Å². The summed E-state index contributed by atoms with van der Waals surface area (Å²) in [6.45, 7) is 1.35. The molecule has 0 saturated heterocycles. The Kier molecular flexibility index (Phi) is 6.23. The number of carbonyl (C=O) groups is 2. The molecule has 0 aromatic heterocycles. The highest BCUT2D eigenvalue weighted by atomic mass is 35.5. The zero-order valence-corrected chi connectivity index (χ0v) is 15.5. The van der Waals surface area contributed by atoms with Gasteiger partial charge in [-0.2, -0.15) is 0 Å². The largest absolute Gasteiger partial charge is 0.466 e. The molecule has 1 N–H and O–H groups in total. The lowest BCUT2D eigenvalue weighted by Crippen LogP contribution is -2.25. The van der Waals surface area contributed by atoms with E-state index in [9.17, 15) is 18.0 Å². The highest BCUT2D eigenvalue weighted by Gasteiger charge is 2.21. The number of hydrogen-bond donors (Lipinski definition) is 1. The van der Waals surface area contributed by atoms with Gasteiger partial charge >= 0.3 is 11.9 Å². The van der Waals surface area contributed by atoms with Crippen LogP contribution in [0.2, 0.25) is 5.02 Å². The number of methoxy groups -OCH3 is 1. The monoisotopic (exact) mass is 397 g/mol. The first-order chi connectivity index (χ1) is 12.2. The molecular weight excluding hydrogens is 382 g/mol. The fourth-order valence-electron chi connectivity index (χ4n) is 2.00. The minimum absolute atomic E-state index is 0.0188. The lowest BCUT2D eigenvalue weighted by molar-refractivity contribution is -0.149. The molecule has 0 bridgehead atoms. The summed E-state index contributed by atoms with van der Waals surface area (Å²) in [4.78, 5) is 23.3. The van der Waals surface area contributed by atoms with E-state index in [1.165, 1.54) is 38.3 Å². The van der Waals surface area contributed by atoms with E-state index in [2.05, 4.69) is 9.46 Å². The molecule has 0 radical (unpaired) electrons. The fraction of sp³-hybridized carbons (Fsp3) is 0.176. The summed E-state index contributed by atoms with van der Waals surface area (Å²) in [5.74, 6) is -1.56. The third kappa shape index (κ3) is 4.96. The van der Waals surface area contributed by atoms with E-state index in [1.807, 2.05) is 0 Å². The van der Waals surface area contributed by atoms with Gasteiger partial charge in [-0.25, -0.2) is 18.0 Å². The molecule has 0 spiro atoms. The molecule has 0 aliphatic heterocycles. The Morgan fingerprint density at radius 2 is 1.81 bits per heavy atom. The Morgan fingerprint density at radius 3 is 2.46 bits per heavy atom. The molecular formula is C17H16ClNO6S. The fourth-order valence-corrected chi connectivity index (χ4v) is 3.28. The SMILES string of the molecule is COC(=O)[C@@H](C)OC(=O)c1cccc(S(=O)(=O)Nc2cccc(Cl)c2)c1. The Labute approximate surface area is 155 Å². The van der Waals surface area contributed by atoms with Crippen molar-refractivity contribution in [2.45, 2.75) is 17.9 Å². The molecule has 1 atom stereocenters. The third-order valence-corrected chi connectivity index (χ3v) is 4.89. The Balaban J connectivity index is 2.22. The van der Waals surface area contributed by atoms with E-state index < -0.39 is 28.1 Å². The number of benzene rings is 2. The second-order valence-corrected chi connectivity index (χ2v) is 7.33. The van der Waals surface area contributed by atoms with Gasteiger partial charge in [0.05, 0.1) is 23.3 Å². The van der Waals surface area contributed by atoms with Crippen LogP contribution in [-0.4, -0.2) is 33.6 Å². The molecule has 0 aliphatic carbocycles. The van der Waals surface area contributed by atoms with Gasteiger partial charge in [-0.05, 0) is 43.3 Å². The van der Waals surface area contributed by atoms with Crippen molar-refractivity contribution in [2.24, 2.45) is 0 Å². The van der Waals surface area contributed by atoms with E-state index in [-0.39, 0.29) is 16.1 Å². The van der Waals surface area contributed by atoms with Crippen molar-refractivity contribution in [2.75, 3.05) is 11.8 Å². The van der Waals surface area contributed by atoms with Crippen LogP contribution in [0.5, 0.6) is 0 Å². The molecule has 2 rings (SSSR count). The van der Waals surface area contributed by atoms with Crippen LogP contribution in [0.3, 0.4) is 0 Å². The molecule has 26 heavy (non-hydrogen) atoms. The average Bonchev–Trinajstić information content (AvgIpc) is 2.60. The topological polar surface area (TPSA) is 98.8 Å². The van der Waals surface area contributed by atoms with E-state index >= 15 is 0 Å². The lowest BCUT2D eigenvalue weighted by atomic mass is 10.2. The maximum Gasteiger partial charge on any atom is 0.346 e. The standard InChI is InChI=1S/C17H16ClNO6S/c1-11(16(20)24-2)25-17(21)12-5-3-8-15(9-12)26(22,23)19-14-7-4-6-13(18)10-14/h3-11,19H,1-2H3/t11-/m1/s1. The van der Waals surface area contributed by atoms with Gasteiger partial charge in [0, 0.05) is 5.02 Å². The maximum absolute atomic E-state index is 12.5.